The molecule has 2 aromatic rings. The molecule has 1 atom stereocenters. The summed E-state index contributed by atoms with van der Waals surface area (Å²) in [6, 6.07) is 1.85. The molecule has 104 valence electrons. The summed E-state index contributed by atoms with van der Waals surface area (Å²) >= 11 is 3.42. The van der Waals surface area contributed by atoms with Crippen LogP contribution >= 0.6 is 15.9 Å². The number of aromatic nitrogens is 2. The highest BCUT2D eigenvalue weighted by Crippen LogP contribution is 2.31. The van der Waals surface area contributed by atoms with E-state index in [-0.39, 0.29) is 0 Å². The van der Waals surface area contributed by atoms with Crippen LogP contribution in [-0.4, -0.2) is 28.6 Å². The number of nitrogens with zero attached hydrogens (tertiary/aromatic N) is 2. The summed E-state index contributed by atoms with van der Waals surface area (Å²) in [5, 5.41) is 14.8. The Hall–Kier alpha value is -1.11. The van der Waals surface area contributed by atoms with Crippen LogP contribution in [0.2, 0.25) is 0 Å². The van der Waals surface area contributed by atoms with Crippen molar-refractivity contribution in [2.45, 2.75) is 26.5 Å². The van der Waals surface area contributed by atoms with E-state index in [0.717, 1.165) is 21.6 Å². The number of aliphatic hydroxyl groups excluding tert-OH is 1. The number of halogens is 1. The van der Waals surface area contributed by atoms with Crippen LogP contribution < -0.4 is 0 Å². The number of aryl methyl sites for hydroxylation is 2. The minimum absolute atomic E-state index is 0.539. The summed E-state index contributed by atoms with van der Waals surface area (Å²) in [5.74, 6) is 1.50. The van der Waals surface area contributed by atoms with Gasteiger partial charge in [0, 0.05) is 12.7 Å². The van der Waals surface area contributed by atoms with Crippen molar-refractivity contribution in [3.8, 4) is 0 Å². The average molecular weight is 329 g/mol. The zero-order chi connectivity index (χ0) is 14.0. The van der Waals surface area contributed by atoms with Gasteiger partial charge < -0.3 is 14.3 Å². The summed E-state index contributed by atoms with van der Waals surface area (Å²) in [4.78, 5) is 0. The van der Waals surface area contributed by atoms with Gasteiger partial charge in [-0.2, -0.15) is 5.10 Å². The van der Waals surface area contributed by atoms with Crippen LogP contribution in [-0.2, 0) is 11.3 Å². The maximum absolute atomic E-state index is 10.5. The topological polar surface area (TPSA) is 60.4 Å². The van der Waals surface area contributed by atoms with Gasteiger partial charge in [-0.05, 0) is 35.8 Å². The van der Waals surface area contributed by atoms with E-state index in [1.807, 2.05) is 19.9 Å². The van der Waals surface area contributed by atoms with Crippen molar-refractivity contribution in [3.05, 3.63) is 39.5 Å². The highest BCUT2D eigenvalue weighted by atomic mass is 79.9. The maximum Gasteiger partial charge on any atom is 0.125 e. The molecule has 0 saturated carbocycles. The van der Waals surface area contributed by atoms with Crippen LogP contribution in [0.25, 0.3) is 0 Å². The number of hydrogen-bond donors (Lipinski definition) is 1. The van der Waals surface area contributed by atoms with Crippen molar-refractivity contribution in [3.63, 3.8) is 0 Å². The molecule has 2 heterocycles. The van der Waals surface area contributed by atoms with Gasteiger partial charge in [-0.3, -0.25) is 4.68 Å². The number of hydrogen-bond acceptors (Lipinski definition) is 4. The van der Waals surface area contributed by atoms with Crippen LogP contribution in [0.15, 0.2) is 21.2 Å². The van der Waals surface area contributed by atoms with Gasteiger partial charge in [-0.15, -0.1) is 0 Å². The molecule has 0 aromatic carbocycles. The minimum atomic E-state index is -0.772. The lowest BCUT2D eigenvalue weighted by Crippen LogP contribution is -2.13. The molecule has 0 aliphatic rings. The Morgan fingerprint density at radius 1 is 1.53 bits per heavy atom. The first-order valence-corrected chi connectivity index (χ1v) is 6.79. The maximum atomic E-state index is 10.5. The van der Waals surface area contributed by atoms with Crippen molar-refractivity contribution in [1.29, 1.82) is 0 Å². The third-order valence-electron chi connectivity index (χ3n) is 2.97. The Morgan fingerprint density at radius 3 is 2.84 bits per heavy atom. The van der Waals surface area contributed by atoms with Crippen LogP contribution in [0.4, 0.5) is 0 Å². The highest BCUT2D eigenvalue weighted by Gasteiger charge is 2.23. The van der Waals surface area contributed by atoms with Crippen LogP contribution in [0.3, 0.4) is 0 Å². The fraction of sp³-hybridized carbons (Fsp3) is 0.462. The molecule has 0 aliphatic heterocycles. The predicted molar refractivity (Wildman–Crippen MR) is 74.0 cm³/mol. The normalized spacial score (nSPS) is 12.9. The second kappa shape index (κ2) is 5.90. The molecule has 0 bridgehead atoms. The Kier molecular flexibility index (Phi) is 4.44. The molecule has 1 unspecified atom stereocenters. The van der Waals surface area contributed by atoms with Crippen molar-refractivity contribution < 1.29 is 14.3 Å². The lowest BCUT2D eigenvalue weighted by Gasteiger charge is -2.13. The Bertz CT molecular complexity index is 562. The molecule has 1 N–H and O–H groups in total. The number of aliphatic hydroxyl groups is 1. The van der Waals surface area contributed by atoms with Gasteiger partial charge in [-0.25, -0.2) is 0 Å². The zero-order valence-corrected chi connectivity index (χ0v) is 12.8. The van der Waals surface area contributed by atoms with Gasteiger partial charge in [0.15, 0.2) is 0 Å². The summed E-state index contributed by atoms with van der Waals surface area (Å²) < 4.78 is 13.0. The molecular weight excluding hydrogens is 312 g/mol. The monoisotopic (exact) mass is 328 g/mol. The molecule has 0 aliphatic carbocycles. The van der Waals surface area contributed by atoms with Gasteiger partial charge in [-0.1, -0.05) is 0 Å². The van der Waals surface area contributed by atoms with E-state index in [0.29, 0.717) is 18.8 Å². The average Bonchev–Trinajstić information content (AvgIpc) is 2.89. The van der Waals surface area contributed by atoms with Gasteiger partial charge in [0.25, 0.3) is 0 Å². The van der Waals surface area contributed by atoms with Crippen molar-refractivity contribution in [2.75, 3.05) is 13.7 Å². The first kappa shape index (κ1) is 14.3. The molecular formula is C13H17BrN2O3. The summed E-state index contributed by atoms with van der Waals surface area (Å²) in [6.45, 7) is 4.83. The number of methoxy groups -OCH3 is 1. The second-order valence-corrected chi connectivity index (χ2v) is 5.22. The molecule has 2 aromatic heterocycles. The molecule has 19 heavy (non-hydrogen) atoms. The third-order valence-corrected chi connectivity index (χ3v) is 3.58. The Labute approximate surface area is 120 Å². The van der Waals surface area contributed by atoms with E-state index in [2.05, 4.69) is 21.0 Å². The first-order chi connectivity index (χ1) is 9.04. The fourth-order valence-corrected chi connectivity index (χ4v) is 2.58. The molecule has 0 saturated heterocycles. The zero-order valence-electron chi connectivity index (χ0n) is 11.2. The van der Waals surface area contributed by atoms with Gasteiger partial charge in [0.2, 0.25) is 0 Å². The number of ether oxygens (including phenoxy) is 1. The third kappa shape index (κ3) is 2.91. The van der Waals surface area contributed by atoms with E-state index in [1.54, 1.807) is 18.0 Å². The van der Waals surface area contributed by atoms with Crippen LogP contribution in [0.5, 0.6) is 0 Å². The molecule has 2 rings (SSSR count). The van der Waals surface area contributed by atoms with E-state index in [9.17, 15) is 5.11 Å². The molecule has 0 spiro atoms. The quantitative estimate of drug-likeness (QED) is 0.916. The molecule has 6 heteroatoms. The highest BCUT2D eigenvalue weighted by molar-refractivity contribution is 9.10. The minimum Gasteiger partial charge on any atom is -0.466 e. The Morgan fingerprint density at radius 2 is 2.26 bits per heavy atom. The molecule has 0 radical (unpaired) electrons. The summed E-state index contributed by atoms with van der Waals surface area (Å²) in [6.07, 6.45) is 0.905. The first-order valence-electron chi connectivity index (χ1n) is 5.99. The smallest absolute Gasteiger partial charge is 0.125 e. The SMILES string of the molecule is COCCn1ncc(Br)c1C(O)c1cc(C)oc1C. The van der Waals surface area contributed by atoms with E-state index in [1.165, 1.54) is 0 Å². The summed E-state index contributed by atoms with van der Waals surface area (Å²) in [5.41, 5.74) is 1.47. The van der Waals surface area contributed by atoms with Crippen molar-refractivity contribution in [1.82, 2.24) is 9.78 Å². The van der Waals surface area contributed by atoms with Gasteiger partial charge in [0.1, 0.15) is 17.6 Å². The molecule has 0 amide bonds. The molecule has 5 nitrogen and oxygen atoms in total. The van der Waals surface area contributed by atoms with Crippen molar-refractivity contribution in [2.24, 2.45) is 0 Å². The second-order valence-electron chi connectivity index (χ2n) is 4.36. The van der Waals surface area contributed by atoms with Crippen molar-refractivity contribution >= 4 is 15.9 Å². The van der Waals surface area contributed by atoms with E-state index >= 15 is 0 Å². The van der Waals surface area contributed by atoms with Gasteiger partial charge >= 0.3 is 0 Å². The van der Waals surface area contributed by atoms with Crippen LogP contribution in [0, 0.1) is 13.8 Å². The van der Waals surface area contributed by atoms with E-state index in [4.69, 9.17) is 9.15 Å². The fourth-order valence-electron chi connectivity index (χ4n) is 2.07. The van der Waals surface area contributed by atoms with Crippen LogP contribution in [0.1, 0.15) is 28.9 Å². The largest absolute Gasteiger partial charge is 0.466 e. The Balaban J connectivity index is 2.35. The van der Waals surface area contributed by atoms with E-state index < -0.39 is 6.10 Å². The van der Waals surface area contributed by atoms with Gasteiger partial charge in [0.05, 0.1) is 29.5 Å². The lowest BCUT2D eigenvalue weighted by atomic mass is 10.1. The lowest BCUT2D eigenvalue weighted by molar-refractivity contribution is 0.170. The number of furan rings is 1. The molecule has 0 fully saturated rings. The summed E-state index contributed by atoms with van der Waals surface area (Å²) in [7, 11) is 1.64. The number of rotatable bonds is 5. The standard InChI is InChI=1S/C13H17BrN2O3/c1-8-6-10(9(2)19-8)13(17)12-11(14)7-15-16(12)4-5-18-3/h6-7,13,17H,4-5H2,1-3H3. The predicted octanol–water partition coefficient (Wildman–Crippen LogP) is 2.58.